The maximum Gasteiger partial charge on any atom is 0.234 e. The first-order valence-corrected chi connectivity index (χ1v) is 5.32. The molecule has 0 saturated heterocycles. The third-order valence-corrected chi connectivity index (χ3v) is 3.03. The molecule has 0 spiro atoms. The second kappa shape index (κ2) is 6.97. The zero-order chi connectivity index (χ0) is 10.3. The number of carbonyl (C=O) groups is 1. The summed E-state index contributed by atoms with van der Waals surface area (Å²) in [6.07, 6.45) is 0.722. The summed E-state index contributed by atoms with van der Waals surface area (Å²) < 4.78 is 0. The van der Waals surface area contributed by atoms with Gasteiger partial charge in [-0.25, -0.2) is 0 Å². The van der Waals surface area contributed by atoms with E-state index < -0.39 is 0 Å². The smallest absolute Gasteiger partial charge is 0.234 e. The van der Waals surface area contributed by atoms with Crippen LogP contribution >= 0.6 is 15.9 Å². The Morgan fingerprint density at radius 2 is 2.15 bits per heavy atom. The number of hydrogen-bond acceptors (Lipinski definition) is 1. The molecule has 0 fully saturated rings. The third kappa shape index (κ3) is 5.70. The Morgan fingerprint density at radius 1 is 1.54 bits per heavy atom. The molecule has 0 bridgehead atoms. The maximum atomic E-state index is 11.3. The summed E-state index contributed by atoms with van der Waals surface area (Å²) in [6, 6.07) is 0. The lowest BCUT2D eigenvalue weighted by Gasteiger charge is -2.12. The van der Waals surface area contributed by atoms with Gasteiger partial charge >= 0.3 is 0 Å². The van der Waals surface area contributed by atoms with E-state index in [2.05, 4.69) is 33.1 Å². The van der Waals surface area contributed by atoms with Gasteiger partial charge in [0.25, 0.3) is 0 Å². The first kappa shape index (κ1) is 12.5. The second-order valence-corrected chi connectivity index (χ2v) is 4.10. The van der Waals surface area contributed by atoms with Crippen molar-refractivity contribution in [3.63, 3.8) is 0 Å². The first-order chi connectivity index (χ1) is 6.09. The highest BCUT2D eigenvalue weighted by molar-refractivity contribution is 9.10. The van der Waals surface area contributed by atoms with Gasteiger partial charge in [0, 0.05) is 13.0 Å². The lowest BCUT2D eigenvalue weighted by Crippen LogP contribution is -2.34. The maximum absolute atomic E-state index is 11.3. The van der Waals surface area contributed by atoms with Crippen molar-refractivity contribution in [2.75, 3.05) is 6.54 Å². The minimum absolute atomic E-state index is 0.0490. The molecular weight excluding hydrogens is 230 g/mol. The fourth-order valence-corrected chi connectivity index (χ4v) is 0.935. The van der Waals surface area contributed by atoms with Crippen molar-refractivity contribution in [2.45, 2.75) is 32.0 Å². The predicted octanol–water partition coefficient (Wildman–Crippen LogP) is 1.94. The third-order valence-electron chi connectivity index (χ3n) is 1.56. The van der Waals surface area contributed by atoms with Crippen LogP contribution in [0.5, 0.6) is 0 Å². The molecule has 1 N–H and O–H groups in total. The number of hydrogen-bond donors (Lipinski definition) is 1. The van der Waals surface area contributed by atoms with Crippen molar-refractivity contribution in [3.05, 3.63) is 0 Å². The van der Waals surface area contributed by atoms with Gasteiger partial charge in [-0.2, -0.15) is 0 Å². The number of nitrogens with one attached hydrogen (secondary N) is 1. The topological polar surface area (TPSA) is 29.1 Å². The minimum atomic E-state index is -0.0953. The minimum Gasteiger partial charge on any atom is -0.354 e. The molecule has 1 atom stereocenters. The summed E-state index contributed by atoms with van der Waals surface area (Å²) in [5.41, 5.74) is 0. The van der Waals surface area contributed by atoms with E-state index in [0.29, 0.717) is 12.5 Å². The molecular formula is C10H16BrNO. The number of amides is 1. The van der Waals surface area contributed by atoms with Gasteiger partial charge in [0.2, 0.25) is 5.91 Å². The van der Waals surface area contributed by atoms with Crippen molar-refractivity contribution >= 4 is 21.8 Å². The molecule has 74 valence electrons. The largest absolute Gasteiger partial charge is 0.354 e. The molecule has 0 radical (unpaired) electrons. The number of alkyl halides is 1. The van der Waals surface area contributed by atoms with Crippen LogP contribution in [-0.4, -0.2) is 17.3 Å². The molecule has 2 nitrogen and oxygen atoms in total. The fourth-order valence-electron chi connectivity index (χ4n) is 0.773. The zero-order valence-electron chi connectivity index (χ0n) is 8.36. The normalized spacial score (nSPS) is 11.8. The van der Waals surface area contributed by atoms with Crippen LogP contribution in [0, 0.1) is 17.8 Å². The van der Waals surface area contributed by atoms with E-state index in [-0.39, 0.29) is 10.7 Å². The highest BCUT2D eigenvalue weighted by atomic mass is 79.9. The summed E-state index contributed by atoms with van der Waals surface area (Å²) in [5, 5.41) is 2.81. The number of halogens is 1. The molecule has 1 amide bonds. The van der Waals surface area contributed by atoms with Crippen LogP contribution in [0.4, 0.5) is 0 Å². The van der Waals surface area contributed by atoms with Gasteiger partial charge in [0.05, 0.1) is 4.83 Å². The van der Waals surface area contributed by atoms with Gasteiger partial charge in [-0.05, 0) is 12.8 Å². The fraction of sp³-hybridized carbons (Fsp3) is 0.700. The van der Waals surface area contributed by atoms with Crippen LogP contribution in [-0.2, 0) is 4.79 Å². The molecule has 0 rings (SSSR count). The van der Waals surface area contributed by atoms with Crippen LogP contribution in [0.2, 0.25) is 0 Å². The van der Waals surface area contributed by atoms with Gasteiger partial charge in [-0.1, -0.05) is 29.8 Å². The Balaban J connectivity index is 3.66. The Hall–Kier alpha value is -0.490. The van der Waals surface area contributed by atoms with Crippen LogP contribution in [0.1, 0.15) is 27.2 Å². The molecule has 0 aromatic heterocycles. The van der Waals surface area contributed by atoms with E-state index in [4.69, 9.17) is 0 Å². The van der Waals surface area contributed by atoms with E-state index in [1.54, 1.807) is 6.92 Å². The van der Waals surface area contributed by atoms with Gasteiger partial charge in [0.15, 0.2) is 0 Å². The Morgan fingerprint density at radius 3 is 2.62 bits per heavy atom. The average Bonchev–Trinajstić information content (AvgIpc) is 2.10. The van der Waals surface area contributed by atoms with E-state index >= 15 is 0 Å². The monoisotopic (exact) mass is 245 g/mol. The molecule has 0 aliphatic carbocycles. The van der Waals surface area contributed by atoms with E-state index in [1.165, 1.54) is 0 Å². The van der Waals surface area contributed by atoms with Crippen molar-refractivity contribution in [1.82, 2.24) is 5.32 Å². The number of carbonyl (C=O) groups excluding carboxylic acids is 1. The van der Waals surface area contributed by atoms with Crippen LogP contribution < -0.4 is 5.32 Å². The Bertz CT molecular complexity index is 215. The highest BCUT2D eigenvalue weighted by Gasteiger charge is 2.17. The van der Waals surface area contributed by atoms with Crippen LogP contribution in [0.15, 0.2) is 0 Å². The average molecular weight is 246 g/mol. The van der Waals surface area contributed by atoms with Crippen LogP contribution in [0.3, 0.4) is 0 Å². The molecule has 0 saturated carbocycles. The molecule has 0 aliphatic rings. The molecule has 1 unspecified atom stereocenters. The summed E-state index contributed by atoms with van der Waals surface area (Å²) in [6.45, 7) is 6.44. The lowest BCUT2D eigenvalue weighted by molar-refractivity contribution is -0.121. The molecule has 0 aliphatic heterocycles. The molecule has 3 heteroatoms. The highest BCUT2D eigenvalue weighted by Crippen LogP contribution is 2.11. The van der Waals surface area contributed by atoms with Crippen molar-refractivity contribution in [2.24, 2.45) is 5.92 Å². The number of rotatable bonds is 4. The molecule has 13 heavy (non-hydrogen) atoms. The summed E-state index contributed by atoms with van der Waals surface area (Å²) in [7, 11) is 0. The Kier molecular flexibility index (Phi) is 6.70. The summed E-state index contributed by atoms with van der Waals surface area (Å²) in [4.78, 5) is 11.2. The second-order valence-electron chi connectivity index (χ2n) is 3.11. The predicted molar refractivity (Wildman–Crippen MR) is 58.6 cm³/mol. The molecule has 0 aromatic carbocycles. The van der Waals surface area contributed by atoms with Crippen LogP contribution in [0.25, 0.3) is 0 Å². The van der Waals surface area contributed by atoms with E-state index in [1.807, 2.05) is 13.8 Å². The quantitative estimate of drug-likeness (QED) is 0.458. The SMILES string of the molecule is CC#CCCNC(=O)C(Br)C(C)C. The summed E-state index contributed by atoms with van der Waals surface area (Å²) in [5.74, 6) is 6.04. The van der Waals surface area contributed by atoms with Crippen molar-refractivity contribution < 1.29 is 4.79 Å². The lowest BCUT2D eigenvalue weighted by atomic mass is 10.1. The molecule has 0 heterocycles. The zero-order valence-corrected chi connectivity index (χ0v) is 9.94. The van der Waals surface area contributed by atoms with Gasteiger partial charge in [-0.3, -0.25) is 4.79 Å². The molecule has 0 aromatic rings. The first-order valence-electron chi connectivity index (χ1n) is 4.41. The van der Waals surface area contributed by atoms with Crippen molar-refractivity contribution in [3.8, 4) is 11.8 Å². The van der Waals surface area contributed by atoms with Gasteiger partial charge < -0.3 is 5.32 Å². The van der Waals surface area contributed by atoms with Gasteiger partial charge in [-0.15, -0.1) is 11.8 Å². The van der Waals surface area contributed by atoms with Gasteiger partial charge in [0.1, 0.15) is 0 Å². The standard InChI is InChI=1S/C10H16BrNO/c1-4-5-6-7-12-10(13)9(11)8(2)3/h8-9H,6-7H2,1-3H3,(H,12,13). The Labute approximate surface area is 88.6 Å². The van der Waals surface area contributed by atoms with E-state index in [0.717, 1.165) is 6.42 Å². The summed E-state index contributed by atoms with van der Waals surface area (Å²) >= 11 is 3.33. The van der Waals surface area contributed by atoms with Crippen molar-refractivity contribution in [1.29, 1.82) is 0 Å². The van der Waals surface area contributed by atoms with E-state index in [9.17, 15) is 4.79 Å².